The van der Waals surface area contributed by atoms with Crippen LogP contribution in [0.4, 0.5) is 4.39 Å². The van der Waals surface area contributed by atoms with Gasteiger partial charge in [-0.05, 0) is 18.2 Å². The predicted octanol–water partition coefficient (Wildman–Crippen LogP) is 1.05. The number of hydrogen-bond acceptors (Lipinski definition) is 4. The number of pyridine rings is 1. The highest BCUT2D eigenvalue weighted by atomic mass is 19.1. The van der Waals surface area contributed by atoms with Crippen LogP contribution in [0.15, 0.2) is 64.4 Å². The van der Waals surface area contributed by atoms with Crippen molar-refractivity contribution in [3.8, 4) is 0 Å². The van der Waals surface area contributed by atoms with Gasteiger partial charge in [0.25, 0.3) is 11.5 Å². The number of hydrogen-bond donors (Lipinski definition) is 2. The van der Waals surface area contributed by atoms with Crippen LogP contribution >= 0.6 is 0 Å². The number of nitrogens with one attached hydrogen (secondary N) is 2. The van der Waals surface area contributed by atoms with E-state index in [1.807, 2.05) is 0 Å². The quantitative estimate of drug-likeness (QED) is 0.716. The van der Waals surface area contributed by atoms with Crippen LogP contribution < -0.4 is 16.6 Å². The molecule has 0 radical (unpaired) electrons. The van der Waals surface area contributed by atoms with Gasteiger partial charge < -0.3 is 10.3 Å². The van der Waals surface area contributed by atoms with Crippen molar-refractivity contribution in [2.24, 2.45) is 0 Å². The van der Waals surface area contributed by atoms with E-state index in [1.54, 1.807) is 36.5 Å². The molecule has 0 atom stereocenters. The minimum absolute atomic E-state index is 0.0660. The third kappa shape index (κ3) is 3.75. The molecule has 0 saturated carbocycles. The summed E-state index contributed by atoms with van der Waals surface area (Å²) in [6.45, 7) is -0.145. The van der Waals surface area contributed by atoms with Gasteiger partial charge in [-0.3, -0.25) is 19.1 Å². The topological polar surface area (TPSA) is 96.8 Å². The molecule has 7 nitrogen and oxygen atoms in total. The lowest BCUT2D eigenvalue weighted by atomic mass is 10.2. The van der Waals surface area contributed by atoms with Crippen molar-refractivity contribution < 1.29 is 9.18 Å². The summed E-state index contributed by atoms with van der Waals surface area (Å²) >= 11 is 0. The lowest BCUT2D eigenvalue weighted by Crippen LogP contribution is -2.40. The molecule has 8 heteroatoms. The smallest absolute Gasteiger partial charge is 0.328 e. The zero-order valence-electron chi connectivity index (χ0n) is 13.6. The molecule has 132 valence electrons. The summed E-state index contributed by atoms with van der Waals surface area (Å²) in [5.74, 6) is -1.16. The van der Waals surface area contributed by atoms with E-state index in [0.717, 1.165) is 10.8 Å². The highest BCUT2D eigenvalue weighted by Crippen LogP contribution is 2.05. The maximum atomic E-state index is 13.6. The van der Waals surface area contributed by atoms with Crippen molar-refractivity contribution >= 4 is 5.91 Å². The minimum atomic E-state index is -0.745. The van der Waals surface area contributed by atoms with Crippen LogP contribution in [0.1, 0.15) is 21.6 Å². The summed E-state index contributed by atoms with van der Waals surface area (Å²) < 4.78 is 14.5. The summed E-state index contributed by atoms with van der Waals surface area (Å²) in [7, 11) is 0. The van der Waals surface area contributed by atoms with E-state index in [-0.39, 0.29) is 18.7 Å². The molecule has 0 aliphatic heterocycles. The molecule has 2 aromatic heterocycles. The molecule has 3 rings (SSSR count). The maximum Gasteiger partial charge on any atom is 0.328 e. The molecule has 1 aromatic carbocycles. The summed E-state index contributed by atoms with van der Waals surface area (Å²) in [5.41, 5.74) is -0.836. The molecule has 0 fully saturated rings. The summed E-state index contributed by atoms with van der Waals surface area (Å²) in [6, 6.07) is 11.1. The lowest BCUT2D eigenvalue weighted by Gasteiger charge is -2.08. The van der Waals surface area contributed by atoms with E-state index < -0.39 is 23.0 Å². The average molecular weight is 354 g/mol. The Balaban J connectivity index is 1.83. The van der Waals surface area contributed by atoms with Gasteiger partial charge in [-0.2, -0.15) is 0 Å². The third-order valence-corrected chi connectivity index (χ3v) is 3.75. The van der Waals surface area contributed by atoms with E-state index in [4.69, 9.17) is 0 Å². The predicted molar refractivity (Wildman–Crippen MR) is 92.2 cm³/mol. The number of H-pyrrole nitrogens is 1. The van der Waals surface area contributed by atoms with Crippen molar-refractivity contribution in [3.05, 3.63) is 98.3 Å². The molecule has 0 aliphatic carbocycles. The van der Waals surface area contributed by atoms with Crippen molar-refractivity contribution in [1.29, 1.82) is 0 Å². The van der Waals surface area contributed by atoms with Crippen molar-refractivity contribution in [2.45, 2.75) is 13.1 Å². The van der Waals surface area contributed by atoms with Gasteiger partial charge in [-0.25, -0.2) is 9.18 Å². The first-order valence-electron chi connectivity index (χ1n) is 7.80. The van der Waals surface area contributed by atoms with Crippen LogP contribution in [0.25, 0.3) is 0 Å². The molecule has 0 aliphatic rings. The van der Waals surface area contributed by atoms with Gasteiger partial charge in [0.05, 0.1) is 12.2 Å². The van der Waals surface area contributed by atoms with Crippen LogP contribution in [0, 0.1) is 5.82 Å². The second-order valence-corrected chi connectivity index (χ2v) is 5.49. The Morgan fingerprint density at radius 1 is 1.15 bits per heavy atom. The van der Waals surface area contributed by atoms with E-state index in [0.29, 0.717) is 11.3 Å². The molecule has 3 aromatic rings. The van der Waals surface area contributed by atoms with Gasteiger partial charge in [-0.1, -0.05) is 24.3 Å². The van der Waals surface area contributed by atoms with E-state index in [2.05, 4.69) is 15.3 Å². The molecule has 0 saturated heterocycles. The van der Waals surface area contributed by atoms with Gasteiger partial charge in [-0.15, -0.1) is 0 Å². The van der Waals surface area contributed by atoms with Crippen LogP contribution in [0.5, 0.6) is 0 Å². The van der Waals surface area contributed by atoms with Gasteiger partial charge in [0.1, 0.15) is 11.4 Å². The number of rotatable bonds is 5. The van der Waals surface area contributed by atoms with E-state index >= 15 is 0 Å². The second-order valence-electron chi connectivity index (χ2n) is 5.49. The Kier molecular flexibility index (Phi) is 5.02. The average Bonchev–Trinajstić information content (AvgIpc) is 2.65. The number of carbonyl (C=O) groups excluding carboxylic acids is 1. The molecule has 0 unspecified atom stereocenters. The Bertz CT molecular complexity index is 1040. The summed E-state index contributed by atoms with van der Waals surface area (Å²) in [5, 5.41) is 2.48. The number of amides is 1. The Morgan fingerprint density at radius 2 is 1.92 bits per heavy atom. The van der Waals surface area contributed by atoms with Crippen molar-refractivity contribution in [3.63, 3.8) is 0 Å². The Hall–Kier alpha value is -3.55. The highest BCUT2D eigenvalue weighted by molar-refractivity contribution is 5.93. The number of nitrogens with zero attached hydrogens (tertiary/aromatic N) is 2. The fourth-order valence-corrected chi connectivity index (χ4v) is 2.38. The van der Waals surface area contributed by atoms with Crippen LogP contribution in [-0.2, 0) is 13.1 Å². The fourth-order valence-electron chi connectivity index (χ4n) is 2.38. The highest BCUT2D eigenvalue weighted by Gasteiger charge is 2.15. The molecule has 26 heavy (non-hydrogen) atoms. The summed E-state index contributed by atoms with van der Waals surface area (Å²) in [4.78, 5) is 43.1. The lowest BCUT2D eigenvalue weighted by molar-refractivity contribution is 0.0948. The monoisotopic (exact) mass is 354 g/mol. The summed E-state index contributed by atoms with van der Waals surface area (Å²) in [6.07, 6.45) is 2.59. The van der Waals surface area contributed by atoms with Crippen LogP contribution in [-0.4, -0.2) is 20.4 Å². The SMILES string of the molecule is O=C(NCc1ccccc1F)c1c[nH]c(=O)n(Cc2ccccn2)c1=O. The molecule has 1 amide bonds. The van der Waals surface area contributed by atoms with Crippen LogP contribution in [0.3, 0.4) is 0 Å². The molecule has 2 N–H and O–H groups in total. The van der Waals surface area contributed by atoms with Gasteiger partial charge >= 0.3 is 5.69 Å². The first kappa shape index (κ1) is 17.3. The third-order valence-electron chi connectivity index (χ3n) is 3.75. The maximum absolute atomic E-state index is 13.6. The number of aromatic nitrogens is 3. The number of carbonyl (C=O) groups is 1. The number of benzene rings is 1. The first-order chi connectivity index (χ1) is 12.6. The van der Waals surface area contributed by atoms with Crippen molar-refractivity contribution in [1.82, 2.24) is 19.9 Å². The Labute approximate surface area is 147 Å². The van der Waals surface area contributed by atoms with Crippen LogP contribution in [0.2, 0.25) is 0 Å². The van der Waals surface area contributed by atoms with E-state index in [9.17, 15) is 18.8 Å². The normalized spacial score (nSPS) is 10.5. The zero-order valence-corrected chi connectivity index (χ0v) is 13.6. The molecular formula is C18H15FN4O3. The molecule has 0 spiro atoms. The van der Waals surface area contributed by atoms with E-state index in [1.165, 1.54) is 12.1 Å². The van der Waals surface area contributed by atoms with Gasteiger partial charge in [0, 0.05) is 24.5 Å². The minimum Gasteiger partial charge on any atom is -0.348 e. The van der Waals surface area contributed by atoms with Gasteiger partial charge in [0.2, 0.25) is 0 Å². The van der Waals surface area contributed by atoms with Crippen molar-refractivity contribution in [2.75, 3.05) is 0 Å². The largest absolute Gasteiger partial charge is 0.348 e. The second kappa shape index (κ2) is 7.56. The number of aromatic amines is 1. The number of halogens is 1. The Morgan fingerprint density at radius 3 is 2.65 bits per heavy atom. The molecule has 2 heterocycles. The molecule has 0 bridgehead atoms. The fraction of sp³-hybridized carbons (Fsp3) is 0.111. The molecular weight excluding hydrogens is 339 g/mol. The standard InChI is InChI=1S/C18H15FN4O3/c19-15-7-2-1-5-12(15)9-21-16(24)14-10-22-18(26)23(17(14)25)11-13-6-3-4-8-20-13/h1-8,10H,9,11H2,(H,21,24)(H,22,26). The van der Waals surface area contributed by atoms with Gasteiger partial charge in [0.15, 0.2) is 0 Å². The first-order valence-corrected chi connectivity index (χ1v) is 7.80. The zero-order chi connectivity index (χ0) is 18.5.